The fraction of sp³-hybridized carbons (Fsp3) is 0.700. The highest BCUT2D eigenvalue weighted by atomic mass is 16.5. The number of aliphatic carboxylic acids is 2. The monoisotopic (exact) mass is 260 g/mol. The number of rotatable bonds is 6. The lowest BCUT2D eigenvalue weighted by molar-refractivity contribution is -0.140. The summed E-state index contributed by atoms with van der Waals surface area (Å²) >= 11 is 0. The van der Waals surface area contributed by atoms with Gasteiger partial charge in [0, 0.05) is 19.1 Å². The van der Waals surface area contributed by atoms with Crippen LogP contribution in [0.15, 0.2) is 0 Å². The van der Waals surface area contributed by atoms with Gasteiger partial charge in [0.05, 0.1) is 6.61 Å². The summed E-state index contributed by atoms with van der Waals surface area (Å²) in [6.07, 6.45) is 0.831. The first-order chi connectivity index (χ1) is 8.49. The molecular weight excluding hydrogens is 244 g/mol. The van der Waals surface area contributed by atoms with Crippen LogP contribution in [-0.4, -0.2) is 65.9 Å². The van der Waals surface area contributed by atoms with E-state index in [1.165, 1.54) is 0 Å². The van der Waals surface area contributed by atoms with Crippen LogP contribution in [0.25, 0.3) is 0 Å². The number of carbonyl (C=O) groups is 3. The van der Waals surface area contributed by atoms with Crippen molar-refractivity contribution in [2.24, 2.45) is 5.92 Å². The predicted molar refractivity (Wildman–Crippen MR) is 59.2 cm³/mol. The number of nitrogens with zero attached hydrogens (tertiary/aromatic N) is 1. The maximum absolute atomic E-state index is 11.6. The van der Waals surface area contributed by atoms with E-state index in [1.54, 1.807) is 0 Å². The number of carbonyl (C=O) groups excluding carboxylic acids is 1. The minimum Gasteiger partial charge on any atom is -0.480 e. The van der Waals surface area contributed by atoms with Gasteiger partial charge in [-0.2, -0.15) is 0 Å². The van der Waals surface area contributed by atoms with E-state index in [0.29, 0.717) is 19.8 Å². The Bertz CT molecular complexity index is 310. The van der Waals surface area contributed by atoms with Crippen LogP contribution >= 0.6 is 0 Å². The molecule has 8 nitrogen and oxygen atoms in total. The van der Waals surface area contributed by atoms with Crippen molar-refractivity contribution in [2.75, 3.05) is 32.8 Å². The number of carboxylic acid groups (broad SMARTS) is 2. The molecule has 1 rings (SSSR count). The van der Waals surface area contributed by atoms with E-state index in [2.05, 4.69) is 5.32 Å². The molecule has 1 heterocycles. The van der Waals surface area contributed by atoms with Crippen molar-refractivity contribution in [1.82, 2.24) is 10.2 Å². The van der Waals surface area contributed by atoms with Crippen LogP contribution in [0.5, 0.6) is 0 Å². The summed E-state index contributed by atoms with van der Waals surface area (Å²) in [5.41, 5.74) is 0. The average molecular weight is 260 g/mol. The van der Waals surface area contributed by atoms with Gasteiger partial charge >= 0.3 is 18.0 Å². The molecule has 0 spiro atoms. The van der Waals surface area contributed by atoms with Gasteiger partial charge in [-0.3, -0.25) is 9.59 Å². The molecule has 1 saturated heterocycles. The van der Waals surface area contributed by atoms with Crippen LogP contribution in [0, 0.1) is 5.92 Å². The highest BCUT2D eigenvalue weighted by molar-refractivity contribution is 5.84. The summed E-state index contributed by atoms with van der Waals surface area (Å²) in [4.78, 5) is 33.4. The molecule has 0 aromatic carbocycles. The Morgan fingerprint density at radius 3 is 2.28 bits per heavy atom. The van der Waals surface area contributed by atoms with Crippen molar-refractivity contribution in [3.63, 3.8) is 0 Å². The standard InChI is InChI=1S/C10H16N2O6/c13-8(14)4-12(5-9(15)16)10(17)11-3-7-1-2-18-6-7/h7H,1-6H2,(H,11,17)(H,13,14)(H,15,16). The number of hydrogen-bond acceptors (Lipinski definition) is 4. The topological polar surface area (TPSA) is 116 Å². The Labute approximate surface area is 104 Å². The van der Waals surface area contributed by atoms with Crippen LogP contribution in [0.1, 0.15) is 6.42 Å². The molecule has 102 valence electrons. The smallest absolute Gasteiger partial charge is 0.323 e. The van der Waals surface area contributed by atoms with Gasteiger partial charge in [0.2, 0.25) is 0 Å². The van der Waals surface area contributed by atoms with E-state index >= 15 is 0 Å². The minimum atomic E-state index is -1.25. The van der Waals surface area contributed by atoms with Gasteiger partial charge in [-0.15, -0.1) is 0 Å². The van der Waals surface area contributed by atoms with Gasteiger partial charge in [-0.25, -0.2) is 4.79 Å². The molecule has 18 heavy (non-hydrogen) atoms. The molecule has 2 amide bonds. The number of hydrogen-bond donors (Lipinski definition) is 3. The van der Waals surface area contributed by atoms with Crippen molar-refractivity contribution in [3.05, 3.63) is 0 Å². The number of amides is 2. The summed E-state index contributed by atoms with van der Waals surface area (Å²) in [7, 11) is 0. The largest absolute Gasteiger partial charge is 0.480 e. The Morgan fingerprint density at radius 1 is 1.22 bits per heavy atom. The summed E-state index contributed by atoms with van der Waals surface area (Å²) in [5.74, 6) is -2.31. The third-order valence-electron chi connectivity index (χ3n) is 2.51. The van der Waals surface area contributed by atoms with Crippen molar-refractivity contribution in [3.8, 4) is 0 Å². The molecule has 1 aliphatic heterocycles. The first kappa shape index (κ1) is 14.2. The van der Waals surface area contributed by atoms with Crippen molar-refractivity contribution >= 4 is 18.0 Å². The van der Waals surface area contributed by atoms with Gasteiger partial charge in [0.15, 0.2) is 0 Å². The molecule has 0 aliphatic carbocycles. The van der Waals surface area contributed by atoms with E-state index in [1.807, 2.05) is 0 Å². The first-order valence-electron chi connectivity index (χ1n) is 5.53. The van der Waals surface area contributed by atoms with Crippen LogP contribution in [0.4, 0.5) is 4.79 Å². The third kappa shape index (κ3) is 5.00. The van der Waals surface area contributed by atoms with Gasteiger partial charge < -0.3 is 25.2 Å². The molecule has 0 aromatic heterocycles. The summed E-state index contributed by atoms with van der Waals surface area (Å²) in [6, 6.07) is -0.688. The van der Waals surface area contributed by atoms with Crippen molar-refractivity contribution < 1.29 is 29.3 Å². The lowest BCUT2D eigenvalue weighted by atomic mass is 10.1. The van der Waals surface area contributed by atoms with Crippen LogP contribution in [0.2, 0.25) is 0 Å². The van der Waals surface area contributed by atoms with Gasteiger partial charge in [0.25, 0.3) is 0 Å². The summed E-state index contributed by atoms with van der Waals surface area (Å²) in [5, 5.41) is 19.7. The molecule has 8 heteroatoms. The second kappa shape index (κ2) is 6.80. The Morgan fingerprint density at radius 2 is 1.83 bits per heavy atom. The number of ether oxygens (including phenoxy) is 1. The fourth-order valence-electron chi connectivity index (χ4n) is 1.61. The minimum absolute atomic E-state index is 0.199. The van der Waals surface area contributed by atoms with E-state index < -0.39 is 31.1 Å². The molecule has 0 saturated carbocycles. The van der Waals surface area contributed by atoms with Gasteiger partial charge in [-0.1, -0.05) is 0 Å². The first-order valence-corrected chi connectivity index (χ1v) is 5.53. The molecule has 1 unspecified atom stereocenters. The third-order valence-corrected chi connectivity index (χ3v) is 2.51. The molecule has 1 fully saturated rings. The average Bonchev–Trinajstić information content (AvgIpc) is 2.76. The van der Waals surface area contributed by atoms with Crippen LogP contribution in [-0.2, 0) is 14.3 Å². The summed E-state index contributed by atoms with van der Waals surface area (Å²) in [6.45, 7) is 0.278. The van der Waals surface area contributed by atoms with Crippen LogP contribution in [0.3, 0.4) is 0 Å². The summed E-state index contributed by atoms with van der Waals surface area (Å²) < 4.78 is 5.13. The Balaban J connectivity index is 2.41. The van der Waals surface area contributed by atoms with Crippen molar-refractivity contribution in [2.45, 2.75) is 6.42 Å². The highest BCUT2D eigenvalue weighted by Gasteiger charge is 2.21. The van der Waals surface area contributed by atoms with Crippen molar-refractivity contribution in [1.29, 1.82) is 0 Å². The quantitative estimate of drug-likeness (QED) is 0.576. The molecule has 0 radical (unpaired) electrons. The second-order valence-corrected chi connectivity index (χ2v) is 4.06. The van der Waals surface area contributed by atoms with E-state index in [-0.39, 0.29) is 5.92 Å². The molecule has 1 aliphatic rings. The normalized spacial score (nSPS) is 18.3. The molecule has 0 bridgehead atoms. The fourth-order valence-corrected chi connectivity index (χ4v) is 1.61. The predicted octanol–water partition coefficient (Wildman–Crippen LogP) is -0.796. The number of carboxylic acids is 2. The number of nitrogens with one attached hydrogen (secondary N) is 1. The van der Waals surface area contributed by atoms with Gasteiger partial charge in [-0.05, 0) is 6.42 Å². The molecule has 0 aromatic rings. The maximum atomic E-state index is 11.6. The van der Waals surface area contributed by atoms with E-state index in [0.717, 1.165) is 11.3 Å². The lowest BCUT2D eigenvalue weighted by Gasteiger charge is -2.20. The van der Waals surface area contributed by atoms with Gasteiger partial charge in [0.1, 0.15) is 13.1 Å². The van der Waals surface area contributed by atoms with E-state index in [9.17, 15) is 14.4 Å². The molecule has 3 N–H and O–H groups in total. The SMILES string of the molecule is O=C(O)CN(CC(=O)O)C(=O)NCC1CCOC1. The molecular formula is C10H16N2O6. The molecule has 1 atom stereocenters. The van der Waals surface area contributed by atoms with E-state index in [4.69, 9.17) is 14.9 Å². The second-order valence-electron chi connectivity index (χ2n) is 4.06. The zero-order valence-electron chi connectivity index (χ0n) is 9.79. The zero-order chi connectivity index (χ0) is 13.5. The Hall–Kier alpha value is -1.83. The van der Waals surface area contributed by atoms with Crippen LogP contribution < -0.4 is 5.32 Å². The Kier molecular flexibility index (Phi) is 5.37. The maximum Gasteiger partial charge on any atom is 0.323 e. The lowest BCUT2D eigenvalue weighted by Crippen LogP contribution is -2.46. The highest BCUT2D eigenvalue weighted by Crippen LogP contribution is 2.10. The zero-order valence-corrected chi connectivity index (χ0v) is 9.79. The number of urea groups is 1.